The number of hydrogen-bond acceptors (Lipinski definition) is 4. The van der Waals surface area contributed by atoms with Gasteiger partial charge in [0.25, 0.3) is 11.8 Å². The summed E-state index contributed by atoms with van der Waals surface area (Å²) >= 11 is 5.87. The lowest BCUT2D eigenvalue weighted by Crippen LogP contribution is -2.50. The highest BCUT2D eigenvalue weighted by atomic mass is 35.5. The molecule has 2 amide bonds. The maximum atomic E-state index is 14.0. The van der Waals surface area contributed by atoms with E-state index in [1.807, 2.05) is 0 Å². The smallest absolute Gasteiger partial charge is 0.257 e. The fourth-order valence-corrected chi connectivity index (χ4v) is 5.56. The highest BCUT2D eigenvalue weighted by Gasteiger charge is 2.29. The van der Waals surface area contributed by atoms with Gasteiger partial charge in [0, 0.05) is 43.3 Å². The summed E-state index contributed by atoms with van der Waals surface area (Å²) in [6.45, 7) is 1.63. The van der Waals surface area contributed by atoms with Crippen molar-refractivity contribution in [3.05, 3.63) is 64.4 Å². The Kier molecular flexibility index (Phi) is 5.90. The van der Waals surface area contributed by atoms with Crippen LogP contribution in [0.5, 0.6) is 0 Å². The number of halogens is 2. The van der Waals surface area contributed by atoms with Crippen LogP contribution in [0, 0.1) is 5.82 Å². The SMILES string of the molecule is O=C(c1ccc(N2CCCS2(=O)=O)cc1)N1CCN(C(=O)c2cc(Cl)ccc2F)CC1. The second kappa shape index (κ2) is 8.47. The van der Waals surface area contributed by atoms with Crippen molar-refractivity contribution in [3.8, 4) is 0 Å². The number of benzene rings is 2. The monoisotopic (exact) mass is 465 g/mol. The average Bonchev–Trinajstić information content (AvgIpc) is 3.13. The summed E-state index contributed by atoms with van der Waals surface area (Å²) in [5.74, 6) is -1.15. The fraction of sp³-hybridized carbons (Fsp3) is 0.333. The molecule has 2 fully saturated rings. The Balaban J connectivity index is 1.39. The third-order valence-electron chi connectivity index (χ3n) is 5.51. The van der Waals surface area contributed by atoms with Crippen LogP contribution in [0.2, 0.25) is 5.02 Å². The molecule has 2 aromatic rings. The number of hydrogen-bond donors (Lipinski definition) is 0. The van der Waals surface area contributed by atoms with Gasteiger partial charge in [-0.05, 0) is 48.9 Å². The first-order valence-corrected chi connectivity index (χ1v) is 11.9. The molecule has 7 nitrogen and oxygen atoms in total. The van der Waals surface area contributed by atoms with Gasteiger partial charge in [-0.25, -0.2) is 12.8 Å². The van der Waals surface area contributed by atoms with Crippen molar-refractivity contribution in [2.45, 2.75) is 6.42 Å². The van der Waals surface area contributed by atoms with Crippen LogP contribution < -0.4 is 4.31 Å². The van der Waals surface area contributed by atoms with Gasteiger partial charge in [-0.2, -0.15) is 0 Å². The van der Waals surface area contributed by atoms with E-state index < -0.39 is 21.7 Å². The predicted molar refractivity (Wildman–Crippen MR) is 115 cm³/mol. The molecule has 2 aliphatic rings. The summed E-state index contributed by atoms with van der Waals surface area (Å²) in [6, 6.07) is 10.4. The Morgan fingerprint density at radius 1 is 0.871 bits per heavy atom. The molecule has 0 spiro atoms. The summed E-state index contributed by atoms with van der Waals surface area (Å²) in [5.41, 5.74) is 0.911. The van der Waals surface area contributed by atoms with Crippen LogP contribution in [0.3, 0.4) is 0 Å². The van der Waals surface area contributed by atoms with Gasteiger partial charge in [-0.1, -0.05) is 11.6 Å². The number of nitrogens with zero attached hydrogens (tertiary/aromatic N) is 3. The van der Waals surface area contributed by atoms with Crippen molar-refractivity contribution < 1.29 is 22.4 Å². The lowest BCUT2D eigenvalue weighted by molar-refractivity contribution is 0.0533. The third kappa shape index (κ3) is 4.38. The van der Waals surface area contributed by atoms with Crippen molar-refractivity contribution in [1.29, 1.82) is 0 Å². The van der Waals surface area contributed by atoms with Crippen molar-refractivity contribution >= 4 is 39.1 Å². The maximum absolute atomic E-state index is 14.0. The number of carbonyl (C=O) groups excluding carboxylic acids is 2. The van der Waals surface area contributed by atoms with E-state index in [0.717, 1.165) is 6.07 Å². The van der Waals surface area contributed by atoms with Crippen LogP contribution in [-0.4, -0.2) is 68.5 Å². The Bertz CT molecular complexity index is 1120. The number of amides is 2. The van der Waals surface area contributed by atoms with Gasteiger partial charge in [0.1, 0.15) is 5.82 Å². The molecule has 0 saturated carbocycles. The first-order valence-electron chi connectivity index (χ1n) is 9.90. The van der Waals surface area contributed by atoms with Gasteiger partial charge >= 0.3 is 0 Å². The summed E-state index contributed by atoms with van der Waals surface area (Å²) in [4.78, 5) is 28.5. The van der Waals surface area contributed by atoms with Crippen LogP contribution in [0.4, 0.5) is 10.1 Å². The summed E-state index contributed by atoms with van der Waals surface area (Å²) < 4.78 is 39.4. The summed E-state index contributed by atoms with van der Waals surface area (Å²) in [5, 5.41) is 0.281. The molecule has 0 radical (unpaired) electrons. The molecule has 0 unspecified atom stereocenters. The van der Waals surface area contributed by atoms with Gasteiger partial charge in [0.15, 0.2) is 0 Å². The largest absolute Gasteiger partial charge is 0.335 e. The zero-order valence-electron chi connectivity index (χ0n) is 16.6. The molecule has 4 rings (SSSR count). The molecular formula is C21H21ClFN3O4S. The second-order valence-corrected chi connectivity index (χ2v) is 9.95. The first kappa shape index (κ1) is 21.6. The molecule has 2 aromatic carbocycles. The summed E-state index contributed by atoms with van der Waals surface area (Å²) in [6.07, 6.45) is 0.588. The fourth-order valence-electron chi connectivity index (χ4n) is 3.83. The average molecular weight is 466 g/mol. The van der Waals surface area contributed by atoms with E-state index in [1.165, 1.54) is 21.3 Å². The van der Waals surface area contributed by atoms with E-state index in [0.29, 0.717) is 37.3 Å². The minimum absolute atomic E-state index is 0.0836. The normalized spacial score (nSPS) is 18.3. The van der Waals surface area contributed by atoms with Crippen molar-refractivity contribution in [3.63, 3.8) is 0 Å². The molecule has 0 aliphatic carbocycles. The molecule has 0 bridgehead atoms. The Labute approximate surface area is 185 Å². The predicted octanol–water partition coefficient (Wildman–Crippen LogP) is 2.62. The lowest BCUT2D eigenvalue weighted by atomic mass is 10.1. The van der Waals surface area contributed by atoms with Gasteiger partial charge < -0.3 is 9.80 Å². The Morgan fingerprint density at radius 2 is 1.48 bits per heavy atom. The lowest BCUT2D eigenvalue weighted by Gasteiger charge is -2.35. The van der Waals surface area contributed by atoms with Crippen LogP contribution >= 0.6 is 11.6 Å². The minimum Gasteiger partial charge on any atom is -0.335 e. The van der Waals surface area contributed by atoms with E-state index in [2.05, 4.69) is 0 Å². The Morgan fingerprint density at radius 3 is 2.06 bits per heavy atom. The molecule has 10 heteroatoms. The molecule has 31 heavy (non-hydrogen) atoms. The zero-order chi connectivity index (χ0) is 22.2. The van der Waals surface area contributed by atoms with Crippen LogP contribution in [0.1, 0.15) is 27.1 Å². The zero-order valence-corrected chi connectivity index (χ0v) is 18.2. The highest BCUT2D eigenvalue weighted by Crippen LogP contribution is 2.25. The van der Waals surface area contributed by atoms with Crippen LogP contribution in [-0.2, 0) is 10.0 Å². The maximum Gasteiger partial charge on any atom is 0.257 e. The van der Waals surface area contributed by atoms with E-state index >= 15 is 0 Å². The molecular weight excluding hydrogens is 445 g/mol. The van der Waals surface area contributed by atoms with E-state index in [-0.39, 0.29) is 35.3 Å². The van der Waals surface area contributed by atoms with Crippen LogP contribution in [0.25, 0.3) is 0 Å². The second-order valence-electron chi connectivity index (χ2n) is 7.50. The summed E-state index contributed by atoms with van der Waals surface area (Å²) in [7, 11) is -3.27. The topological polar surface area (TPSA) is 78.0 Å². The van der Waals surface area contributed by atoms with Gasteiger partial charge in [0.2, 0.25) is 10.0 Å². The van der Waals surface area contributed by atoms with E-state index in [1.54, 1.807) is 29.2 Å². The van der Waals surface area contributed by atoms with Crippen molar-refractivity contribution in [2.24, 2.45) is 0 Å². The van der Waals surface area contributed by atoms with Gasteiger partial charge in [-0.15, -0.1) is 0 Å². The first-order chi connectivity index (χ1) is 14.8. The number of sulfonamides is 1. The van der Waals surface area contributed by atoms with Crippen molar-refractivity contribution in [1.82, 2.24) is 9.80 Å². The number of piperazine rings is 1. The number of rotatable bonds is 3. The minimum atomic E-state index is -3.27. The third-order valence-corrected chi connectivity index (χ3v) is 7.62. The number of anilines is 1. The molecule has 0 N–H and O–H groups in total. The number of carbonyl (C=O) groups is 2. The van der Waals surface area contributed by atoms with Crippen LogP contribution in [0.15, 0.2) is 42.5 Å². The molecule has 0 aromatic heterocycles. The highest BCUT2D eigenvalue weighted by molar-refractivity contribution is 7.93. The molecule has 0 atom stereocenters. The Hall–Kier alpha value is -2.65. The van der Waals surface area contributed by atoms with E-state index in [9.17, 15) is 22.4 Å². The molecule has 2 heterocycles. The van der Waals surface area contributed by atoms with Gasteiger partial charge in [-0.3, -0.25) is 13.9 Å². The van der Waals surface area contributed by atoms with E-state index in [4.69, 9.17) is 11.6 Å². The quantitative estimate of drug-likeness (QED) is 0.698. The van der Waals surface area contributed by atoms with Gasteiger partial charge in [0.05, 0.1) is 17.0 Å². The molecule has 164 valence electrons. The molecule has 2 aliphatic heterocycles. The van der Waals surface area contributed by atoms with Crippen molar-refractivity contribution in [2.75, 3.05) is 42.8 Å². The molecule has 2 saturated heterocycles. The standard InChI is InChI=1S/C21H21ClFN3O4S/c22-16-4-7-19(23)18(14-16)21(28)25-11-9-24(10-12-25)20(27)15-2-5-17(6-3-15)26-8-1-13-31(26,29)30/h2-7,14H,1,8-13H2.